The van der Waals surface area contributed by atoms with Crippen molar-refractivity contribution in [1.82, 2.24) is 15.1 Å². The molecule has 0 atom stereocenters. The average molecular weight is 443 g/mol. The first-order valence-corrected chi connectivity index (χ1v) is 10.6. The molecule has 2 aromatic rings. The van der Waals surface area contributed by atoms with Gasteiger partial charge in [-0.05, 0) is 43.2 Å². The van der Waals surface area contributed by atoms with E-state index in [2.05, 4.69) is 10.6 Å². The molecule has 1 heterocycles. The zero-order chi connectivity index (χ0) is 22.4. The maximum atomic E-state index is 12.4. The molecule has 2 aromatic carbocycles. The quantitative estimate of drug-likeness (QED) is 0.720. The van der Waals surface area contributed by atoms with Crippen LogP contribution in [0.25, 0.3) is 0 Å². The van der Waals surface area contributed by atoms with E-state index < -0.39 is 0 Å². The van der Waals surface area contributed by atoms with Crippen LogP contribution in [0.5, 0.6) is 0 Å². The van der Waals surface area contributed by atoms with Gasteiger partial charge in [0.15, 0.2) is 0 Å². The van der Waals surface area contributed by atoms with Crippen molar-refractivity contribution in [2.45, 2.75) is 13.8 Å². The van der Waals surface area contributed by atoms with Crippen molar-refractivity contribution >= 4 is 35.0 Å². The van der Waals surface area contributed by atoms with Gasteiger partial charge in [0.05, 0.1) is 23.7 Å². The summed E-state index contributed by atoms with van der Waals surface area (Å²) in [7, 11) is 0. The number of nitrogens with zero attached hydrogens (tertiary/aromatic N) is 2. The van der Waals surface area contributed by atoms with E-state index in [1.807, 2.05) is 36.9 Å². The molecule has 7 nitrogen and oxygen atoms in total. The number of carbonyl (C=O) groups excluding carboxylic acids is 3. The molecule has 0 spiro atoms. The summed E-state index contributed by atoms with van der Waals surface area (Å²) in [5, 5.41) is 5.94. The molecule has 8 heteroatoms. The van der Waals surface area contributed by atoms with Crippen LogP contribution in [0.15, 0.2) is 42.5 Å². The molecule has 1 saturated heterocycles. The first-order valence-electron chi connectivity index (χ1n) is 10.2. The minimum atomic E-state index is -0.374. The van der Waals surface area contributed by atoms with Gasteiger partial charge in [-0.3, -0.25) is 19.3 Å². The highest BCUT2D eigenvalue weighted by atomic mass is 35.5. The molecule has 0 aliphatic carbocycles. The van der Waals surface area contributed by atoms with Gasteiger partial charge in [-0.2, -0.15) is 0 Å². The number of hydrogen-bond donors (Lipinski definition) is 2. The Labute approximate surface area is 187 Å². The maximum absolute atomic E-state index is 12.4. The van der Waals surface area contributed by atoms with Gasteiger partial charge in [-0.25, -0.2) is 0 Å². The lowest BCUT2D eigenvalue weighted by atomic mass is 10.1. The van der Waals surface area contributed by atoms with E-state index >= 15 is 0 Å². The van der Waals surface area contributed by atoms with Gasteiger partial charge in [0.25, 0.3) is 5.91 Å². The predicted octanol–water partition coefficient (Wildman–Crippen LogP) is 2.47. The van der Waals surface area contributed by atoms with Gasteiger partial charge >= 0.3 is 0 Å². The summed E-state index contributed by atoms with van der Waals surface area (Å²) in [6.45, 7) is 6.41. The number of aryl methyl sites for hydroxylation is 1. The smallest absolute Gasteiger partial charge is 0.253 e. The zero-order valence-corrected chi connectivity index (χ0v) is 18.5. The Bertz CT molecular complexity index is 971. The van der Waals surface area contributed by atoms with Crippen molar-refractivity contribution in [3.05, 3.63) is 64.2 Å². The van der Waals surface area contributed by atoms with E-state index in [9.17, 15) is 14.4 Å². The van der Waals surface area contributed by atoms with Gasteiger partial charge in [0.2, 0.25) is 11.8 Å². The lowest BCUT2D eigenvalue weighted by Gasteiger charge is -2.34. The fourth-order valence-electron chi connectivity index (χ4n) is 3.44. The summed E-state index contributed by atoms with van der Waals surface area (Å²) in [4.78, 5) is 40.8. The minimum absolute atomic E-state index is 0.0690. The molecule has 0 bridgehead atoms. The first-order chi connectivity index (χ1) is 14.8. The molecule has 0 saturated carbocycles. The van der Waals surface area contributed by atoms with E-state index in [1.54, 1.807) is 29.2 Å². The van der Waals surface area contributed by atoms with Crippen molar-refractivity contribution in [2.24, 2.45) is 0 Å². The average Bonchev–Trinajstić information content (AvgIpc) is 2.76. The van der Waals surface area contributed by atoms with Crippen molar-refractivity contribution in [3.63, 3.8) is 0 Å². The topological polar surface area (TPSA) is 81.8 Å². The van der Waals surface area contributed by atoms with Gasteiger partial charge in [-0.15, -0.1) is 0 Å². The summed E-state index contributed by atoms with van der Waals surface area (Å²) in [6.07, 6.45) is 0. The Morgan fingerprint density at radius 2 is 1.68 bits per heavy atom. The molecule has 0 aromatic heterocycles. The van der Waals surface area contributed by atoms with Crippen molar-refractivity contribution in [3.8, 4) is 0 Å². The fraction of sp³-hybridized carbons (Fsp3) is 0.348. The van der Waals surface area contributed by atoms with Gasteiger partial charge in [-0.1, -0.05) is 35.9 Å². The molecule has 3 amide bonds. The van der Waals surface area contributed by atoms with Crippen LogP contribution in [0.1, 0.15) is 21.5 Å². The van der Waals surface area contributed by atoms with E-state index in [4.69, 9.17) is 11.6 Å². The number of hydrogen-bond acceptors (Lipinski definition) is 4. The van der Waals surface area contributed by atoms with Crippen LogP contribution in [0.3, 0.4) is 0 Å². The standard InChI is InChI=1S/C23H27ClN4O3/c1-16-6-5-9-20(17(16)2)26-21(29)15-27-10-12-28(13-11-27)22(30)14-25-23(31)18-7-3-4-8-19(18)24/h3-9H,10-15H2,1-2H3,(H,25,31)(H,26,29). The Morgan fingerprint density at radius 1 is 0.968 bits per heavy atom. The third-order valence-electron chi connectivity index (χ3n) is 5.49. The van der Waals surface area contributed by atoms with Gasteiger partial charge in [0, 0.05) is 31.9 Å². The summed E-state index contributed by atoms with van der Waals surface area (Å²) >= 11 is 6.01. The Hall–Kier alpha value is -2.90. The lowest BCUT2D eigenvalue weighted by molar-refractivity contribution is -0.132. The maximum Gasteiger partial charge on any atom is 0.253 e. The Kier molecular flexibility index (Phi) is 7.65. The SMILES string of the molecule is Cc1cccc(NC(=O)CN2CCN(C(=O)CNC(=O)c3ccccc3Cl)CC2)c1C. The van der Waals surface area contributed by atoms with Crippen LogP contribution >= 0.6 is 11.6 Å². The molecule has 1 fully saturated rings. The van der Waals surface area contributed by atoms with Crippen LogP contribution in [0.4, 0.5) is 5.69 Å². The van der Waals surface area contributed by atoms with Crippen LogP contribution in [0.2, 0.25) is 5.02 Å². The number of rotatable bonds is 6. The number of carbonyl (C=O) groups is 3. The van der Waals surface area contributed by atoms with Crippen molar-refractivity contribution in [1.29, 1.82) is 0 Å². The van der Waals surface area contributed by atoms with Crippen LogP contribution < -0.4 is 10.6 Å². The molecule has 164 valence electrons. The molecule has 2 N–H and O–H groups in total. The second kappa shape index (κ2) is 10.4. The van der Waals surface area contributed by atoms with Gasteiger partial charge < -0.3 is 15.5 Å². The first kappa shape index (κ1) is 22.8. The molecular weight excluding hydrogens is 416 g/mol. The highest BCUT2D eigenvalue weighted by Gasteiger charge is 2.23. The van der Waals surface area contributed by atoms with Crippen LogP contribution in [-0.4, -0.2) is 66.8 Å². The van der Waals surface area contributed by atoms with E-state index in [1.165, 1.54) is 0 Å². The molecule has 0 radical (unpaired) electrons. The van der Waals surface area contributed by atoms with E-state index in [0.717, 1.165) is 16.8 Å². The van der Waals surface area contributed by atoms with Gasteiger partial charge in [0.1, 0.15) is 0 Å². The Morgan fingerprint density at radius 3 is 2.39 bits per heavy atom. The normalized spacial score (nSPS) is 14.2. The molecular formula is C23H27ClN4O3. The highest BCUT2D eigenvalue weighted by molar-refractivity contribution is 6.33. The summed E-state index contributed by atoms with van der Waals surface area (Å²) in [5.41, 5.74) is 3.36. The molecule has 3 rings (SSSR count). The van der Waals surface area contributed by atoms with Crippen molar-refractivity contribution in [2.75, 3.05) is 44.6 Å². The van der Waals surface area contributed by atoms with Crippen LogP contribution in [-0.2, 0) is 9.59 Å². The predicted molar refractivity (Wildman–Crippen MR) is 121 cm³/mol. The molecule has 31 heavy (non-hydrogen) atoms. The molecule has 1 aliphatic rings. The zero-order valence-electron chi connectivity index (χ0n) is 17.8. The number of piperazine rings is 1. The summed E-state index contributed by atoms with van der Waals surface area (Å²) in [5.74, 6) is -0.596. The monoisotopic (exact) mass is 442 g/mol. The molecule has 0 unspecified atom stereocenters. The summed E-state index contributed by atoms with van der Waals surface area (Å²) < 4.78 is 0. The number of amides is 3. The number of halogens is 1. The lowest BCUT2D eigenvalue weighted by Crippen LogP contribution is -2.52. The minimum Gasteiger partial charge on any atom is -0.343 e. The third kappa shape index (κ3) is 6.06. The highest BCUT2D eigenvalue weighted by Crippen LogP contribution is 2.18. The van der Waals surface area contributed by atoms with Crippen molar-refractivity contribution < 1.29 is 14.4 Å². The number of anilines is 1. The number of benzene rings is 2. The fourth-order valence-corrected chi connectivity index (χ4v) is 3.66. The summed E-state index contributed by atoms with van der Waals surface area (Å²) in [6, 6.07) is 12.5. The Balaban J connectivity index is 1.42. The second-order valence-electron chi connectivity index (χ2n) is 7.62. The van der Waals surface area contributed by atoms with E-state index in [-0.39, 0.29) is 30.8 Å². The van der Waals surface area contributed by atoms with Crippen LogP contribution in [0, 0.1) is 13.8 Å². The largest absolute Gasteiger partial charge is 0.343 e. The molecule has 1 aliphatic heterocycles. The third-order valence-corrected chi connectivity index (χ3v) is 5.82. The number of nitrogens with one attached hydrogen (secondary N) is 2. The van der Waals surface area contributed by atoms with E-state index in [0.29, 0.717) is 36.8 Å². The second-order valence-corrected chi connectivity index (χ2v) is 8.02.